The molecule has 0 spiro atoms. The maximum Gasteiger partial charge on any atom is 0.323 e. The summed E-state index contributed by atoms with van der Waals surface area (Å²) < 4.78 is 10.6. The third kappa shape index (κ3) is 9.59. The number of carbonyl (C=O) groups is 2. The van der Waals surface area contributed by atoms with E-state index in [9.17, 15) is 9.59 Å². The van der Waals surface area contributed by atoms with E-state index >= 15 is 0 Å². The van der Waals surface area contributed by atoms with Crippen LogP contribution >= 0.6 is 0 Å². The highest BCUT2D eigenvalue weighted by molar-refractivity contribution is 5.99. The van der Waals surface area contributed by atoms with E-state index in [1.54, 1.807) is 0 Å². The van der Waals surface area contributed by atoms with Gasteiger partial charge in [-0.15, -0.1) is 0 Å². The van der Waals surface area contributed by atoms with Crippen molar-refractivity contribution >= 4 is 11.9 Å². The zero-order chi connectivity index (χ0) is 19.7. The highest BCUT2D eigenvalue weighted by Crippen LogP contribution is 2.30. The molecule has 154 valence electrons. The van der Waals surface area contributed by atoms with Gasteiger partial charge in [-0.05, 0) is 25.7 Å². The van der Waals surface area contributed by atoms with Gasteiger partial charge in [0.1, 0.15) is 0 Å². The Bertz CT molecular complexity index is 361. The van der Waals surface area contributed by atoms with Gasteiger partial charge in [-0.25, -0.2) is 0 Å². The Morgan fingerprint density at radius 1 is 0.577 bits per heavy atom. The van der Waals surface area contributed by atoms with Gasteiger partial charge in [0.05, 0.1) is 13.2 Å². The standard InChI is InChI=1S/C22H42O4/c1-5-9-10-11-12-13-14-15-16-17-19-26-21(24)22(7-3,8-4)20(23)25-18-6-2/h5-19H2,1-4H3. The van der Waals surface area contributed by atoms with E-state index in [4.69, 9.17) is 9.47 Å². The Balaban J connectivity index is 3.95. The van der Waals surface area contributed by atoms with Crippen molar-refractivity contribution in [3.8, 4) is 0 Å². The highest BCUT2D eigenvalue weighted by Gasteiger charge is 2.45. The van der Waals surface area contributed by atoms with Crippen LogP contribution in [0.15, 0.2) is 0 Å². The van der Waals surface area contributed by atoms with Crippen LogP contribution in [0.2, 0.25) is 0 Å². The molecule has 0 aromatic carbocycles. The van der Waals surface area contributed by atoms with Gasteiger partial charge >= 0.3 is 11.9 Å². The molecule has 0 saturated carbocycles. The monoisotopic (exact) mass is 370 g/mol. The number of unbranched alkanes of at least 4 members (excludes halogenated alkanes) is 9. The predicted octanol–water partition coefficient (Wildman–Crippen LogP) is 6.21. The lowest BCUT2D eigenvalue weighted by Gasteiger charge is -2.26. The fraction of sp³-hybridized carbons (Fsp3) is 0.909. The van der Waals surface area contributed by atoms with Gasteiger partial charge in [-0.3, -0.25) is 9.59 Å². The molecule has 0 aromatic heterocycles. The molecule has 0 heterocycles. The maximum absolute atomic E-state index is 12.5. The predicted molar refractivity (Wildman–Crippen MR) is 107 cm³/mol. The number of hydrogen-bond acceptors (Lipinski definition) is 4. The SMILES string of the molecule is CCCCCCCCCCCCOC(=O)C(CC)(CC)C(=O)OCCC. The first kappa shape index (κ1) is 24.9. The summed E-state index contributed by atoms with van der Waals surface area (Å²) in [6.07, 6.45) is 14.0. The molecule has 0 radical (unpaired) electrons. The van der Waals surface area contributed by atoms with Crippen LogP contribution in [0.25, 0.3) is 0 Å². The van der Waals surface area contributed by atoms with Crippen LogP contribution in [0.1, 0.15) is 111 Å². The summed E-state index contributed by atoms with van der Waals surface area (Å²) in [6, 6.07) is 0. The average Bonchev–Trinajstić information content (AvgIpc) is 2.65. The molecule has 0 aliphatic rings. The summed E-state index contributed by atoms with van der Waals surface area (Å²) >= 11 is 0. The fourth-order valence-corrected chi connectivity index (χ4v) is 3.14. The Morgan fingerprint density at radius 2 is 1.00 bits per heavy atom. The summed E-state index contributed by atoms with van der Waals surface area (Å²) in [7, 11) is 0. The maximum atomic E-state index is 12.5. The zero-order valence-corrected chi connectivity index (χ0v) is 17.7. The Hall–Kier alpha value is -1.06. The van der Waals surface area contributed by atoms with Crippen LogP contribution in [0.5, 0.6) is 0 Å². The summed E-state index contributed by atoms with van der Waals surface area (Å²) in [5.74, 6) is -0.850. The molecule has 4 heteroatoms. The molecule has 0 aliphatic heterocycles. The number of ether oxygens (including phenoxy) is 2. The first-order valence-electron chi connectivity index (χ1n) is 10.9. The Kier molecular flexibility index (Phi) is 15.5. The fourth-order valence-electron chi connectivity index (χ4n) is 3.14. The first-order chi connectivity index (χ1) is 12.6. The second-order valence-corrected chi connectivity index (χ2v) is 7.24. The zero-order valence-electron chi connectivity index (χ0n) is 17.7. The van der Waals surface area contributed by atoms with Crippen LogP contribution in [0, 0.1) is 5.41 Å². The lowest BCUT2D eigenvalue weighted by molar-refractivity contribution is -0.173. The molecule has 0 aromatic rings. The van der Waals surface area contributed by atoms with E-state index in [1.165, 1.54) is 51.4 Å². The van der Waals surface area contributed by atoms with E-state index in [0.29, 0.717) is 26.1 Å². The molecule has 0 unspecified atom stereocenters. The van der Waals surface area contributed by atoms with E-state index in [-0.39, 0.29) is 0 Å². The highest BCUT2D eigenvalue weighted by atomic mass is 16.6. The van der Waals surface area contributed by atoms with Crippen molar-refractivity contribution < 1.29 is 19.1 Å². The minimum atomic E-state index is -1.13. The van der Waals surface area contributed by atoms with Gasteiger partial charge in [0.25, 0.3) is 0 Å². The minimum Gasteiger partial charge on any atom is -0.465 e. The van der Waals surface area contributed by atoms with Gasteiger partial charge in [0.15, 0.2) is 5.41 Å². The van der Waals surface area contributed by atoms with E-state index in [2.05, 4.69) is 6.92 Å². The van der Waals surface area contributed by atoms with Crippen molar-refractivity contribution in [2.24, 2.45) is 5.41 Å². The molecular formula is C22H42O4. The third-order valence-corrected chi connectivity index (χ3v) is 5.16. The minimum absolute atomic E-state index is 0.353. The first-order valence-corrected chi connectivity index (χ1v) is 10.9. The number of rotatable bonds is 17. The molecule has 0 fully saturated rings. The lowest BCUT2D eigenvalue weighted by atomic mass is 9.82. The third-order valence-electron chi connectivity index (χ3n) is 5.16. The number of hydrogen-bond donors (Lipinski definition) is 0. The number of carbonyl (C=O) groups excluding carboxylic acids is 2. The molecule has 0 rings (SSSR count). The summed E-state index contributed by atoms with van der Waals surface area (Å²) in [6.45, 7) is 8.63. The van der Waals surface area contributed by atoms with Crippen LogP contribution in [0.3, 0.4) is 0 Å². The molecule has 26 heavy (non-hydrogen) atoms. The molecule has 0 bridgehead atoms. The lowest BCUT2D eigenvalue weighted by Crippen LogP contribution is -2.41. The van der Waals surface area contributed by atoms with Crippen LogP contribution < -0.4 is 0 Å². The van der Waals surface area contributed by atoms with Crippen molar-refractivity contribution in [2.45, 2.75) is 111 Å². The van der Waals surface area contributed by atoms with E-state index in [1.807, 2.05) is 20.8 Å². The van der Waals surface area contributed by atoms with Gasteiger partial charge in [-0.2, -0.15) is 0 Å². The van der Waals surface area contributed by atoms with E-state index < -0.39 is 17.4 Å². The molecule has 0 atom stereocenters. The molecule has 0 saturated heterocycles. The molecule has 0 N–H and O–H groups in total. The van der Waals surface area contributed by atoms with Crippen molar-refractivity contribution in [3.63, 3.8) is 0 Å². The molecule has 0 aliphatic carbocycles. The van der Waals surface area contributed by atoms with Crippen molar-refractivity contribution in [1.82, 2.24) is 0 Å². The van der Waals surface area contributed by atoms with Gasteiger partial charge < -0.3 is 9.47 Å². The van der Waals surface area contributed by atoms with Crippen molar-refractivity contribution in [2.75, 3.05) is 13.2 Å². The van der Waals surface area contributed by atoms with Crippen LogP contribution in [-0.4, -0.2) is 25.2 Å². The average molecular weight is 371 g/mol. The van der Waals surface area contributed by atoms with E-state index in [0.717, 1.165) is 19.3 Å². The molecule has 0 amide bonds. The Morgan fingerprint density at radius 3 is 1.42 bits per heavy atom. The molecule has 4 nitrogen and oxygen atoms in total. The topological polar surface area (TPSA) is 52.6 Å². The van der Waals surface area contributed by atoms with Crippen molar-refractivity contribution in [1.29, 1.82) is 0 Å². The van der Waals surface area contributed by atoms with Crippen LogP contribution in [0.4, 0.5) is 0 Å². The smallest absolute Gasteiger partial charge is 0.323 e. The van der Waals surface area contributed by atoms with Gasteiger partial charge in [0, 0.05) is 0 Å². The quantitative estimate of drug-likeness (QED) is 0.173. The normalized spacial score (nSPS) is 11.4. The summed E-state index contributed by atoms with van der Waals surface area (Å²) in [5, 5.41) is 0. The molecular weight excluding hydrogens is 328 g/mol. The van der Waals surface area contributed by atoms with Gasteiger partial charge in [-0.1, -0.05) is 85.5 Å². The summed E-state index contributed by atoms with van der Waals surface area (Å²) in [5.41, 5.74) is -1.13. The van der Waals surface area contributed by atoms with Crippen LogP contribution in [-0.2, 0) is 19.1 Å². The Labute approximate surface area is 161 Å². The largest absolute Gasteiger partial charge is 0.465 e. The second-order valence-electron chi connectivity index (χ2n) is 7.24. The van der Waals surface area contributed by atoms with Gasteiger partial charge in [0.2, 0.25) is 0 Å². The number of esters is 2. The van der Waals surface area contributed by atoms with Crippen molar-refractivity contribution in [3.05, 3.63) is 0 Å². The second kappa shape index (κ2) is 16.1. The summed E-state index contributed by atoms with van der Waals surface area (Å²) in [4.78, 5) is 24.8.